The van der Waals surface area contributed by atoms with Gasteiger partial charge >= 0.3 is 5.97 Å². The van der Waals surface area contributed by atoms with Gasteiger partial charge in [0.2, 0.25) is 0 Å². The molecule has 160 valence electrons. The van der Waals surface area contributed by atoms with Crippen molar-refractivity contribution in [1.82, 2.24) is 5.32 Å². The summed E-state index contributed by atoms with van der Waals surface area (Å²) in [5, 5.41) is 13.4. The summed E-state index contributed by atoms with van der Waals surface area (Å²) >= 11 is 0. The van der Waals surface area contributed by atoms with Crippen LogP contribution in [0.4, 0.5) is 5.69 Å². The molecule has 0 radical (unpaired) electrons. The van der Waals surface area contributed by atoms with Gasteiger partial charge in [0.05, 0.1) is 19.1 Å². The molecule has 1 amide bonds. The van der Waals surface area contributed by atoms with Gasteiger partial charge in [-0.2, -0.15) is 0 Å². The van der Waals surface area contributed by atoms with E-state index in [-0.39, 0.29) is 18.2 Å². The maximum atomic E-state index is 12.6. The Kier molecular flexibility index (Phi) is 7.74. The first-order valence-corrected chi connectivity index (χ1v) is 9.19. The normalized spacial score (nSPS) is 11.5. The Morgan fingerprint density at radius 3 is 2.20 bits per heavy atom. The van der Waals surface area contributed by atoms with Crippen molar-refractivity contribution >= 4 is 17.6 Å². The summed E-state index contributed by atoms with van der Waals surface area (Å²) in [6, 6.07) is 9.51. The zero-order chi connectivity index (χ0) is 22.3. The van der Waals surface area contributed by atoms with Crippen molar-refractivity contribution < 1.29 is 28.7 Å². The van der Waals surface area contributed by atoms with Crippen LogP contribution in [0.3, 0.4) is 0 Å². The quantitative estimate of drug-likeness (QED) is 0.379. The molecule has 1 atom stereocenters. The number of rotatable bonds is 9. The number of carbonyl (C=O) groups is 2. The Morgan fingerprint density at radius 1 is 1.03 bits per heavy atom. The summed E-state index contributed by atoms with van der Waals surface area (Å²) in [5.74, 6) is -0.401. The second-order valence-electron chi connectivity index (χ2n) is 6.80. The number of nitrogens with one attached hydrogen (secondary N) is 1. The molecule has 0 heterocycles. The first kappa shape index (κ1) is 22.7. The molecule has 0 aliphatic heterocycles. The molecule has 0 aliphatic rings. The third-order valence-electron chi connectivity index (χ3n) is 4.38. The Balaban J connectivity index is 2.04. The van der Waals surface area contributed by atoms with E-state index < -0.39 is 22.8 Å². The monoisotopic (exact) mass is 416 g/mol. The zero-order valence-electron chi connectivity index (χ0n) is 17.2. The second kappa shape index (κ2) is 10.2. The summed E-state index contributed by atoms with van der Waals surface area (Å²) in [6.07, 6.45) is 0. The number of hydrogen-bond donors (Lipinski definition) is 1. The number of carbonyl (C=O) groups excluding carboxylic acids is 2. The minimum atomic E-state index is -0.872. The Bertz CT molecular complexity index is 910. The summed E-state index contributed by atoms with van der Waals surface area (Å²) < 4.78 is 15.7. The summed E-state index contributed by atoms with van der Waals surface area (Å²) in [4.78, 5) is 35.4. The maximum Gasteiger partial charge on any atom is 0.329 e. The third-order valence-corrected chi connectivity index (χ3v) is 4.38. The molecule has 2 aromatic carbocycles. The number of non-ortho nitro benzene ring substituents is 1. The van der Waals surface area contributed by atoms with Gasteiger partial charge in [0.25, 0.3) is 11.6 Å². The van der Waals surface area contributed by atoms with Gasteiger partial charge in [-0.1, -0.05) is 13.8 Å². The van der Waals surface area contributed by atoms with E-state index in [0.29, 0.717) is 22.6 Å². The summed E-state index contributed by atoms with van der Waals surface area (Å²) in [6.45, 7) is 3.51. The highest BCUT2D eigenvalue weighted by Gasteiger charge is 2.26. The van der Waals surface area contributed by atoms with Gasteiger partial charge in [0.15, 0.2) is 11.5 Å². The largest absolute Gasteiger partial charge is 0.493 e. The van der Waals surface area contributed by atoms with Crippen LogP contribution in [-0.4, -0.2) is 37.1 Å². The van der Waals surface area contributed by atoms with Crippen LogP contribution in [0.25, 0.3) is 0 Å². The van der Waals surface area contributed by atoms with Crippen molar-refractivity contribution in [2.24, 2.45) is 5.92 Å². The van der Waals surface area contributed by atoms with E-state index >= 15 is 0 Å². The average Bonchev–Trinajstić information content (AvgIpc) is 2.75. The van der Waals surface area contributed by atoms with Crippen molar-refractivity contribution in [3.63, 3.8) is 0 Å². The van der Waals surface area contributed by atoms with Gasteiger partial charge in [0, 0.05) is 17.7 Å². The molecule has 2 rings (SSSR count). The van der Waals surface area contributed by atoms with E-state index in [0.717, 1.165) is 0 Å². The minimum Gasteiger partial charge on any atom is -0.493 e. The first-order valence-electron chi connectivity index (χ1n) is 9.19. The fourth-order valence-electron chi connectivity index (χ4n) is 2.66. The molecular weight excluding hydrogens is 392 g/mol. The highest BCUT2D eigenvalue weighted by molar-refractivity contribution is 5.97. The number of nitrogens with zero attached hydrogens (tertiary/aromatic N) is 1. The second-order valence-corrected chi connectivity index (χ2v) is 6.80. The molecule has 30 heavy (non-hydrogen) atoms. The lowest BCUT2D eigenvalue weighted by molar-refractivity contribution is -0.384. The van der Waals surface area contributed by atoms with E-state index in [1.165, 1.54) is 44.6 Å². The molecule has 0 unspecified atom stereocenters. The molecule has 0 saturated heterocycles. The van der Waals surface area contributed by atoms with E-state index in [1.54, 1.807) is 26.0 Å². The Hall–Kier alpha value is -3.62. The van der Waals surface area contributed by atoms with Gasteiger partial charge in [-0.05, 0) is 41.8 Å². The molecule has 0 saturated carbocycles. The van der Waals surface area contributed by atoms with Crippen LogP contribution in [0.5, 0.6) is 11.5 Å². The van der Waals surface area contributed by atoms with E-state index in [9.17, 15) is 19.7 Å². The van der Waals surface area contributed by atoms with Crippen molar-refractivity contribution in [2.75, 3.05) is 14.2 Å². The Morgan fingerprint density at radius 2 is 1.67 bits per heavy atom. The predicted octanol–water partition coefficient (Wildman–Crippen LogP) is 3.11. The molecular formula is C21H24N2O7. The van der Waals surface area contributed by atoms with E-state index in [4.69, 9.17) is 14.2 Å². The number of nitro groups is 1. The molecule has 2 aromatic rings. The van der Waals surface area contributed by atoms with Gasteiger partial charge in [0.1, 0.15) is 12.6 Å². The van der Waals surface area contributed by atoms with Gasteiger partial charge < -0.3 is 19.5 Å². The number of nitro benzene ring substituents is 1. The van der Waals surface area contributed by atoms with Crippen LogP contribution in [0.1, 0.15) is 29.8 Å². The van der Waals surface area contributed by atoms with Crippen LogP contribution in [0.15, 0.2) is 42.5 Å². The Labute approximate surface area is 174 Å². The lowest BCUT2D eigenvalue weighted by Gasteiger charge is -2.21. The van der Waals surface area contributed by atoms with Crippen molar-refractivity contribution in [1.29, 1.82) is 0 Å². The highest BCUT2D eigenvalue weighted by Crippen LogP contribution is 2.27. The standard InChI is InChI=1S/C21H24N2O7/c1-13(2)19(21(25)30-12-14-5-8-16(9-6-14)23(26)27)22-20(24)15-7-10-17(28-3)18(11-15)29-4/h5-11,13,19H,12H2,1-4H3,(H,22,24)/t19-/m1/s1. The lowest BCUT2D eigenvalue weighted by atomic mass is 10.0. The number of methoxy groups -OCH3 is 2. The molecule has 0 bridgehead atoms. The van der Waals surface area contributed by atoms with Crippen molar-refractivity contribution in [2.45, 2.75) is 26.5 Å². The number of esters is 1. The van der Waals surface area contributed by atoms with Gasteiger partial charge in [-0.15, -0.1) is 0 Å². The average molecular weight is 416 g/mol. The van der Waals surface area contributed by atoms with Crippen molar-refractivity contribution in [3.05, 3.63) is 63.7 Å². The molecule has 1 N–H and O–H groups in total. The SMILES string of the molecule is COc1ccc(C(=O)N[C@@H](C(=O)OCc2ccc([N+](=O)[O-])cc2)C(C)C)cc1OC. The number of benzene rings is 2. The van der Waals surface area contributed by atoms with Crippen LogP contribution in [0, 0.1) is 16.0 Å². The summed E-state index contributed by atoms with van der Waals surface area (Å²) in [5.41, 5.74) is 0.858. The maximum absolute atomic E-state index is 12.6. The van der Waals surface area contributed by atoms with Gasteiger partial charge in [-0.25, -0.2) is 4.79 Å². The number of ether oxygens (including phenoxy) is 3. The van der Waals surface area contributed by atoms with Crippen LogP contribution >= 0.6 is 0 Å². The predicted molar refractivity (Wildman–Crippen MR) is 109 cm³/mol. The lowest BCUT2D eigenvalue weighted by Crippen LogP contribution is -2.45. The van der Waals surface area contributed by atoms with Crippen LogP contribution in [-0.2, 0) is 16.1 Å². The van der Waals surface area contributed by atoms with Crippen LogP contribution < -0.4 is 14.8 Å². The third kappa shape index (κ3) is 5.69. The smallest absolute Gasteiger partial charge is 0.329 e. The molecule has 0 aliphatic carbocycles. The summed E-state index contributed by atoms with van der Waals surface area (Å²) in [7, 11) is 2.96. The fraction of sp³-hybridized carbons (Fsp3) is 0.333. The molecule has 0 fully saturated rings. The zero-order valence-corrected chi connectivity index (χ0v) is 17.2. The minimum absolute atomic E-state index is 0.0488. The van der Waals surface area contributed by atoms with E-state index in [2.05, 4.69) is 5.32 Å². The first-order chi connectivity index (χ1) is 14.3. The topological polar surface area (TPSA) is 117 Å². The fourth-order valence-corrected chi connectivity index (χ4v) is 2.66. The van der Waals surface area contributed by atoms with Crippen LogP contribution in [0.2, 0.25) is 0 Å². The van der Waals surface area contributed by atoms with Crippen molar-refractivity contribution in [3.8, 4) is 11.5 Å². The van der Waals surface area contributed by atoms with E-state index in [1.807, 2.05) is 0 Å². The molecule has 0 spiro atoms. The number of hydrogen-bond acceptors (Lipinski definition) is 7. The van der Waals surface area contributed by atoms with Gasteiger partial charge in [-0.3, -0.25) is 14.9 Å². The molecule has 9 heteroatoms. The molecule has 0 aromatic heterocycles. The number of amides is 1. The highest BCUT2D eigenvalue weighted by atomic mass is 16.6. The molecule has 9 nitrogen and oxygen atoms in total.